The molecule has 11 heteroatoms. The molecule has 0 spiro atoms. The van der Waals surface area contributed by atoms with Crippen molar-refractivity contribution in [2.45, 2.75) is 62.4 Å². The number of carbonyl (C=O) groups excluding carboxylic acids is 4. The van der Waals surface area contributed by atoms with Crippen LogP contribution in [0.3, 0.4) is 0 Å². The van der Waals surface area contributed by atoms with Crippen LogP contribution in [0.2, 0.25) is 0 Å². The van der Waals surface area contributed by atoms with Gasteiger partial charge in [0.2, 0.25) is 17.7 Å². The van der Waals surface area contributed by atoms with E-state index in [-0.39, 0.29) is 19.4 Å². The van der Waals surface area contributed by atoms with Crippen LogP contribution in [0, 0.1) is 0 Å². The van der Waals surface area contributed by atoms with Gasteiger partial charge in [0, 0.05) is 12.2 Å². The van der Waals surface area contributed by atoms with E-state index in [0.717, 1.165) is 5.56 Å². The van der Waals surface area contributed by atoms with Crippen molar-refractivity contribution < 1.29 is 29.0 Å². The maximum Gasteiger partial charge on any atom is 0.417 e. The minimum atomic E-state index is -1.73. The quantitative estimate of drug-likeness (QED) is 0.230. The Morgan fingerprint density at radius 3 is 2.02 bits per heavy atom. The normalized spacial score (nSPS) is 18.2. The van der Waals surface area contributed by atoms with Gasteiger partial charge in [0.1, 0.15) is 18.2 Å². The Hall–Kier alpha value is -4.74. The Kier molecular flexibility index (Phi) is 10.7. The molecule has 44 heavy (non-hydrogen) atoms. The lowest BCUT2D eigenvalue weighted by Crippen LogP contribution is -2.72. The number of nitrogens with zero attached hydrogens (tertiary/aromatic N) is 2. The minimum absolute atomic E-state index is 0.0626. The van der Waals surface area contributed by atoms with Gasteiger partial charge in [0.25, 0.3) is 0 Å². The van der Waals surface area contributed by atoms with Crippen molar-refractivity contribution in [1.82, 2.24) is 4.90 Å². The molecule has 0 radical (unpaired) electrons. The zero-order chi connectivity index (χ0) is 31.7. The maximum absolute atomic E-state index is 14.0. The number of primary amides is 2. The topological polar surface area (TPSA) is 182 Å². The smallest absolute Gasteiger partial charge is 0.417 e. The summed E-state index contributed by atoms with van der Waals surface area (Å²) in [5.41, 5.74) is 18.1. The van der Waals surface area contributed by atoms with Crippen LogP contribution in [0.4, 0.5) is 10.5 Å². The van der Waals surface area contributed by atoms with Crippen LogP contribution in [0.15, 0.2) is 91.0 Å². The fraction of sp³-hybridized carbons (Fsp3) is 0.333. The van der Waals surface area contributed by atoms with Crippen molar-refractivity contribution in [2.75, 3.05) is 11.4 Å². The number of amides is 4. The highest BCUT2D eigenvalue weighted by Crippen LogP contribution is 2.41. The van der Waals surface area contributed by atoms with Gasteiger partial charge in [-0.15, -0.1) is 0 Å². The van der Waals surface area contributed by atoms with Gasteiger partial charge in [-0.3, -0.25) is 14.4 Å². The summed E-state index contributed by atoms with van der Waals surface area (Å²) in [7, 11) is 0. The van der Waals surface area contributed by atoms with Gasteiger partial charge in [-0.1, -0.05) is 78.9 Å². The second-order valence-electron chi connectivity index (χ2n) is 10.9. The summed E-state index contributed by atoms with van der Waals surface area (Å²) in [5, 5.41) is 12.0. The molecule has 7 N–H and O–H groups in total. The SMILES string of the molecule is NC(=O)C[C@H](N)C(=O)N(C(=O)OCc1ccccc1)C(C(O)CCc1ccccc1)[C@@]1(C(N)=O)CCCN1c1ccccc1. The van der Waals surface area contributed by atoms with Crippen LogP contribution in [-0.2, 0) is 32.1 Å². The molecule has 232 valence electrons. The summed E-state index contributed by atoms with van der Waals surface area (Å²) < 4.78 is 5.60. The maximum atomic E-state index is 14.0. The van der Waals surface area contributed by atoms with Gasteiger partial charge in [-0.25, -0.2) is 9.69 Å². The Bertz CT molecular complexity index is 1420. The van der Waals surface area contributed by atoms with E-state index in [0.29, 0.717) is 35.5 Å². The molecule has 1 aliphatic heterocycles. The minimum Gasteiger partial charge on any atom is -0.444 e. The molecule has 0 aromatic heterocycles. The third-order valence-electron chi connectivity index (χ3n) is 8.00. The zero-order valence-electron chi connectivity index (χ0n) is 24.5. The predicted octanol–water partition coefficient (Wildman–Crippen LogP) is 2.24. The molecule has 1 saturated heterocycles. The Morgan fingerprint density at radius 1 is 0.886 bits per heavy atom. The second-order valence-corrected chi connectivity index (χ2v) is 10.9. The lowest BCUT2D eigenvalue weighted by molar-refractivity contribution is -0.142. The highest BCUT2D eigenvalue weighted by atomic mass is 16.6. The molecule has 2 unspecified atom stereocenters. The average molecular weight is 602 g/mol. The average Bonchev–Trinajstić information content (AvgIpc) is 3.48. The van der Waals surface area contributed by atoms with Crippen molar-refractivity contribution in [3.05, 3.63) is 102 Å². The number of hydrogen-bond acceptors (Lipinski definition) is 8. The molecule has 1 heterocycles. The first-order valence-electron chi connectivity index (χ1n) is 14.6. The van der Waals surface area contributed by atoms with Gasteiger partial charge in [0.15, 0.2) is 0 Å². The van der Waals surface area contributed by atoms with Gasteiger partial charge in [0.05, 0.1) is 18.6 Å². The van der Waals surface area contributed by atoms with E-state index in [1.807, 2.05) is 36.4 Å². The van der Waals surface area contributed by atoms with Crippen molar-refractivity contribution in [1.29, 1.82) is 0 Å². The predicted molar refractivity (Wildman–Crippen MR) is 165 cm³/mol. The first kappa shape index (κ1) is 32.2. The number of nitrogens with two attached hydrogens (primary N) is 3. The molecule has 4 rings (SSSR count). The van der Waals surface area contributed by atoms with Gasteiger partial charge >= 0.3 is 6.09 Å². The molecular weight excluding hydrogens is 562 g/mol. The molecule has 1 aliphatic rings. The standard InChI is InChI=1S/C33H39N5O6/c34-26(21-28(35)40)30(41)38(32(43)44-22-24-13-6-2-7-14-24)29(27(39)18-17-23-11-4-1-5-12-23)33(31(36)42)19-10-20-37(33)25-15-8-3-9-16-25/h1-9,11-16,26-27,29,39H,10,17-22,34H2,(H2,35,40)(H2,36,42)/t26-,27?,29?,33+/m0/s1. The molecule has 0 aliphatic carbocycles. The highest BCUT2D eigenvalue weighted by Gasteiger charge is 2.59. The van der Waals surface area contributed by atoms with Crippen LogP contribution in [0.5, 0.6) is 0 Å². The summed E-state index contributed by atoms with van der Waals surface area (Å²) in [6, 6.07) is 24.1. The van der Waals surface area contributed by atoms with E-state index in [1.54, 1.807) is 59.5 Å². The van der Waals surface area contributed by atoms with Gasteiger partial charge in [-0.2, -0.15) is 0 Å². The molecule has 11 nitrogen and oxygen atoms in total. The van der Waals surface area contributed by atoms with Gasteiger partial charge < -0.3 is 31.9 Å². The third-order valence-corrected chi connectivity index (χ3v) is 8.00. The molecule has 4 amide bonds. The molecule has 3 aromatic rings. The molecular formula is C33H39N5O6. The van der Waals surface area contributed by atoms with Crippen LogP contribution >= 0.6 is 0 Å². The summed E-state index contributed by atoms with van der Waals surface area (Å²) >= 11 is 0. The molecule has 0 saturated carbocycles. The van der Waals surface area contributed by atoms with Crippen molar-refractivity contribution in [2.24, 2.45) is 17.2 Å². The van der Waals surface area contributed by atoms with E-state index in [1.165, 1.54) is 0 Å². The Labute approximate surface area is 256 Å². The fourth-order valence-corrected chi connectivity index (χ4v) is 5.95. The Morgan fingerprint density at radius 2 is 1.45 bits per heavy atom. The van der Waals surface area contributed by atoms with E-state index >= 15 is 0 Å². The van der Waals surface area contributed by atoms with Crippen molar-refractivity contribution >= 4 is 29.5 Å². The molecule has 3 aromatic carbocycles. The lowest BCUT2D eigenvalue weighted by Gasteiger charge is -2.48. The van der Waals surface area contributed by atoms with Crippen molar-refractivity contribution in [3.8, 4) is 0 Å². The summed E-state index contributed by atoms with van der Waals surface area (Å²) in [5.74, 6) is -2.72. The van der Waals surface area contributed by atoms with Crippen molar-refractivity contribution in [3.63, 3.8) is 0 Å². The molecule has 0 bridgehead atoms. The Balaban J connectivity index is 1.83. The van der Waals surface area contributed by atoms with Gasteiger partial charge in [-0.05, 0) is 48.9 Å². The number of benzene rings is 3. The van der Waals surface area contributed by atoms with Crippen LogP contribution in [-0.4, -0.2) is 64.1 Å². The highest BCUT2D eigenvalue weighted by molar-refractivity contribution is 6.00. The monoisotopic (exact) mass is 601 g/mol. The number of aliphatic hydroxyl groups excluding tert-OH is 1. The van der Waals surface area contributed by atoms with Crippen LogP contribution in [0.1, 0.15) is 36.8 Å². The van der Waals surface area contributed by atoms with E-state index in [9.17, 15) is 24.3 Å². The number of aliphatic hydroxyl groups is 1. The number of carbonyl (C=O) groups is 4. The molecule has 1 fully saturated rings. The number of ether oxygens (including phenoxy) is 1. The lowest BCUT2D eigenvalue weighted by atomic mass is 9.79. The third kappa shape index (κ3) is 7.24. The molecule has 4 atom stereocenters. The largest absolute Gasteiger partial charge is 0.444 e. The number of aryl methyl sites for hydroxylation is 1. The van der Waals surface area contributed by atoms with Crippen LogP contribution in [0.25, 0.3) is 0 Å². The van der Waals surface area contributed by atoms with E-state index in [4.69, 9.17) is 21.9 Å². The number of rotatable bonds is 13. The van der Waals surface area contributed by atoms with Crippen LogP contribution < -0.4 is 22.1 Å². The second kappa shape index (κ2) is 14.6. The number of anilines is 1. The summed E-state index contributed by atoms with van der Waals surface area (Å²) in [4.78, 5) is 55.9. The first-order chi connectivity index (χ1) is 21.1. The number of imide groups is 1. The summed E-state index contributed by atoms with van der Waals surface area (Å²) in [6.45, 7) is 0.163. The van der Waals surface area contributed by atoms with E-state index < -0.39 is 54.0 Å². The fourth-order valence-electron chi connectivity index (χ4n) is 5.95. The first-order valence-corrected chi connectivity index (χ1v) is 14.6. The number of para-hydroxylation sites is 1. The summed E-state index contributed by atoms with van der Waals surface area (Å²) in [6.07, 6.45) is -2.11. The van der Waals surface area contributed by atoms with E-state index in [2.05, 4.69) is 0 Å². The zero-order valence-corrected chi connectivity index (χ0v) is 24.5. The number of hydrogen-bond donors (Lipinski definition) is 4.